The largest absolute Gasteiger partial charge is 0.347 e. The molecule has 1 aromatic heterocycles. The number of benzene rings is 1. The van der Waals surface area contributed by atoms with Gasteiger partial charge in [0, 0.05) is 29.8 Å². The van der Waals surface area contributed by atoms with Crippen LogP contribution >= 0.6 is 15.9 Å². The van der Waals surface area contributed by atoms with Crippen LogP contribution in [0.25, 0.3) is 0 Å². The van der Waals surface area contributed by atoms with Gasteiger partial charge in [0.15, 0.2) is 0 Å². The van der Waals surface area contributed by atoms with E-state index in [4.69, 9.17) is 5.73 Å². The first kappa shape index (κ1) is 13.6. The van der Waals surface area contributed by atoms with Gasteiger partial charge in [-0.15, -0.1) is 0 Å². The lowest BCUT2D eigenvalue weighted by molar-refractivity contribution is 0.554. The van der Waals surface area contributed by atoms with Crippen molar-refractivity contribution < 1.29 is 0 Å². The van der Waals surface area contributed by atoms with Gasteiger partial charge in [-0.1, -0.05) is 24.3 Å². The summed E-state index contributed by atoms with van der Waals surface area (Å²) >= 11 is 3.47. The van der Waals surface area contributed by atoms with E-state index >= 15 is 0 Å². The lowest BCUT2D eigenvalue weighted by Crippen LogP contribution is -2.45. The molecule has 0 aliphatic carbocycles. The molecule has 1 aliphatic heterocycles. The Morgan fingerprint density at radius 1 is 1.35 bits per heavy atom. The summed E-state index contributed by atoms with van der Waals surface area (Å²) in [5.41, 5.74) is 9.95. The Morgan fingerprint density at radius 2 is 2.10 bits per heavy atom. The van der Waals surface area contributed by atoms with E-state index in [0.717, 1.165) is 23.3 Å². The third-order valence-electron chi connectivity index (χ3n) is 3.92. The van der Waals surface area contributed by atoms with E-state index in [1.165, 1.54) is 16.7 Å². The summed E-state index contributed by atoms with van der Waals surface area (Å²) in [6.45, 7) is 3.63. The summed E-state index contributed by atoms with van der Waals surface area (Å²) in [6.07, 6.45) is 2.85. The highest BCUT2D eigenvalue weighted by Crippen LogP contribution is 2.29. The van der Waals surface area contributed by atoms with Crippen molar-refractivity contribution in [1.29, 1.82) is 0 Å². The van der Waals surface area contributed by atoms with Gasteiger partial charge in [-0.2, -0.15) is 0 Å². The van der Waals surface area contributed by atoms with Gasteiger partial charge >= 0.3 is 0 Å². The maximum atomic E-state index is 5.99. The lowest BCUT2D eigenvalue weighted by Gasteiger charge is -2.38. The average Bonchev–Trinajstić information content (AvgIpc) is 2.46. The van der Waals surface area contributed by atoms with Gasteiger partial charge in [-0.3, -0.25) is 0 Å². The minimum atomic E-state index is 0.317. The second-order valence-electron chi connectivity index (χ2n) is 5.28. The number of aromatic nitrogens is 1. The van der Waals surface area contributed by atoms with Gasteiger partial charge in [-0.25, -0.2) is 4.98 Å². The highest BCUT2D eigenvalue weighted by Gasteiger charge is 2.26. The number of nitrogens with zero attached hydrogens (tertiary/aromatic N) is 2. The highest BCUT2D eigenvalue weighted by molar-refractivity contribution is 9.10. The Morgan fingerprint density at radius 3 is 2.80 bits per heavy atom. The second-order valence-corrected chi connectivity index (χ2v) is 6.20. The van der Waals surface area contributed by atoms with Crippen molar-refractivity contribution in [3.8, 4) is 0 Å². The Hall–Kier alpha value is -1.39. The quantitative estimate of drug-likeness (QED) is 0.919. The van der Waals surface area contributed by atoms with Gasteiger partial charge in [0.25, 0.3) is 0 Å². The van der Waals surface area contributed by atoms with Crippen molar-refractivity contribution in [2.75, 3.05) is 11.4 Å². The van der Waals surface area contributed by atoms with E-state index in [-0.39, 0.29) is 0 Å². The Bertz CT molecular complexity index is 627. The van der Waals surface area contributed by atoms with E-state index in [1.54, 1.807) is 0 Å². The van der Waals surface area contributed by atoms with Gasteiger partial charge in [0.05, 0.1) is 0 Å². The molecule has 20 heavy (non-hydrogen) atoms. The molecule has 0 spiro atoms. The molecule has 104 valence electrons. The Labute approximate surface area is 127 Å². The zero-order valence-electron chi connectivity index (χ0n) is 11.5. The fourth-order valence-electron chi connectivity index (χ4n) is 2.88. The molecular weight excluding hydrogens is 314 g/mol. The normalized spacial score (nSPS) is 17.9. The Balaban J connectivity index is 2.00. The molecule has 0 radical (unpaired) electrons. The van der Waals surface area contributed by atoms with Crippen LogP contribution < -0.4 is 10.6 Å². The summed E-state index contributed by atoms with van der Waals surface area (Å²) < 4.78 is 1.01. The van der Waals surface area contributed by atoms with Gasteiger partial charge in [-0.05, 0) is 52.0 Å². The first-order chi connectivity index (χ1) is 9.69. The monoisotopic (exact) mass is 331 g/mol. The summed E-state index contributed by atoms with van der Waals surface area (Å²) in [7, 11) is 0. The van der Waals surface area contributed by atoms with Crippen LogP contribution in [0, 0.1) is 6.92 Å². The van der Waals surface area contributed by atoms with Crippen LogP contribution in [0.15, 0.2) is 41.0 Å². The number of hydrogen-bond acceptors (Lipinski definition) is 3. The maximum absolute atomic E-state index is 5.99. The molecule has 2 N–H and O–H groups in total. The fraction of sp³-hybridized carbons (Fsp3) is 0.312. The number of pyridine rings is 1. The van der Waals surface area contributed by atoms with E-state index < -0.39 is 0 Å². The summed E-state index contributed by atoms with van der Waals surface area (Å²) in [5.74, 6) is 1.04. The van der Waals surface area contributed by atoms with Crippen LogP contribution in [0.4, 0.5) is 5.82 Å². The van der Waals surface area contributed by atoms with Crippen LogP contribution in [-0.4, -0.2) is 17.6 Å². The third kappa shape index (κ3) is 2.45. The van der Waals surface area contributed by atoms with Crippen LogP contribution in [-0.2, 0) is 13.0 Å². The van der Waals surface area contributed by atoms with E-state index in [9.17, 15) is 0 Å². The molecular formula is C16H18BrN3. The van der Waals surface area contributed by atoms with Gasteiger partial charge in [0.1, 0.15) is 5.82 Å². The third-order valence-corrected chi connectivity index (χ3v) is 4.35. The molecule has 3 rings (SSSR count). The standard InChI is InChI=1S/C16H18BrN3/c1-11-6-14(17)9-19-16(11)20-10-13-5-3-2-4-12(13)7-15(20)8-18/h2-6,9,15H,7-8,10,18H2,1H3. The minimum absolute atomic E-state index is 0.317. The molecule has 0 bridgehead atoms. The minimum Gasteiger partial charge on any atom is -0.347 e. The fourth-order valence-corrected chi connectivity index (χ4v) is 3.33. The molecule has 1 aromatic carbocycles. The number of halogens is 1. The van der Waals surface area contributed by atoms with Crippen molar-refractivity contribution in [3.63, 3.8) is 0 Å². The topological polar surface area (TPSA) is 42.2 Å². The zero-order chi connectivity index (χ0) is 14.1. The molecule has 1 atom stereocenters. The number of anilines is 1. The van der Waals surface area contributed by atoms with Gasteiger partial charge < -0.3 is 10.6 Å². The number of aryl methyl sites for hydroxylation is 1. The zero-order valence-corrected chi connectivity index (χ0v) is 13.1. The molecule has 4 heteroatoms. The number of hydrogen-bond donors (Lipinski definition) is 1. The van der Waals surface area contributed by atoms with Crippen LogP contribution in [0.3, 0.4) is 0 Å². The van der Waals surface area contributed by atoms with Crippen molar-refractivity contribution in [1.82, 2.24) is 4.98 Å². The van der Waals surface area contributed by atoms with Crippen LogP contribution in [0.5, 0.6) is 0 Å². The Kier molecular flexibility index (Phi) is 3.76. The smallest absolute Gasteiger partial charge is 0.132 e. The SMILES string of the molecule is Cc1cc(Br)cnc1N1Cc2ccccc2CC1CN. The lowest BCUT2D eigenvalue weighted by atomic mass is 9.93. The molecule has 1 unspecified atom stereocenters. The summed E-state index contributed by atoms with van der Waals surface area (Å²) in [6, 6.07) is 11.0. The summed E-state index contributed by atoms with van der Waals surface area (Å²) in [5, 5.41) is 0. The summed E-state index contributed by atoms with van der Waals surface area (Å²) in [4.78, 5) is 6.93. The maximum Gasteiger partial charge on any atom is 0.132 e. The second kappa shape index (κ2) is 5.54. The molecule has 2 aromatic rings. The van der Waals surface area contributed by atoms with E-state index in [2.05, 4.69) is 63.1 Å². The molecule has 2 heterocycles. The number of rotatable bonds is 2. The molecule has 0 saturated carbocycles. The van der Waals surface area contributed by atoms with Crippen molar-refractivity contribution in [2.24, 2.45) is 5.73 Å². The predicted octanol–water partition coefficient (Wildman–Crippen LogP) is 3.04. The van der Waals surface area contributed by atoms with Crippen molar-refractivity contribution >= 4 is 21.7 Å². The van der Waals surface area contributed by atoms with Crippen LogP contribution in [0.2, 0.25) is 0 Å². The highest BCUT2D eigenvalue weighted by atomic mass is 79.9. The first-order valence-corrected chi connectivity index (χ1v) is 7.64. The van der Waals surface area contributed by atoms with Crippen molar-refractivity contribution in [2.45, 2.75) is 25.9 Å². The molecule has 0 fully saturated rings. The molecule has 0 saturated heterocycles. The van der Waals surface area contributed by atoms with Crippen LogP contribution in [0.1, 0.15) is 16.7 Å². The molecule has 1 aliphatic rings. The molecule has 3 nitrogen and oxygen atoms in total. The van der Waals surface area contributed by atoms with E-state index in [1.807, 2.05) is 6.20 Å². The number of fused-ring (bicyclic) bond motifs is 1. The van der Waals surface area contributed by atoms with Gasteiger partial charge in [0.2, 0.25) is 0 Å². The predicted molar refractivity (Wildman–Crippen MR) is 85.8 cm³/mol. The number of nitrogens with two attached hydrogens (primary N) is 1. The average molecular weight is 332 g/mol. The first-order valence-electron chi connectivity index (χ1n) is 6.84. The van der Waals surface area contributed by atoms with E-state index in [0.29, 0.717) is 12.6 Å². The molecule has 0 amide bonds. The van der Waals surface area contributed by atoms with Crippen molar-refractivity contribution in [3.05, 3.63) is 57.7 Å².